The van der Waals surface area contributed by atoms with Crippen LogP contribution < -0.4 is 0 Å². The molecule has 1 heterocycles. The highest BCUT2D eigenvalue weighted by Crippen LogP contribution is 2.24. The van der Waals surface area contributed by atoms with E-state index in [2.05, 4.69) is 4.74 Å². The molecule has 0 fully saturated rings. The molecule has 2 atom stereocenters. The van der Waals surface area contributed by atoms with Gasteiger partial charge in [-0.25, -0.2) is 4.79 Å². The quantitative estimate of drug-likeness (QED) is 0.397. The van der Waals surface area contributed by atoms with Gasteiger partial charge in [0, 0.05) is 0 Å². The van der Waals surface area contributed by atoms with Crippen LogP contribution in [0.3, 0.4) is 0 Å². The fourth-order valence-electron chi connectivity index (χ4n) is 1.12. The first-order chi connectivity index (χ1) is 7.11. The van der Waals surface area contributed by atoms with E-state index in [9.17, 15) is 15.0 Å². The van der Waals surface area contributed by atoms with Crippen molar-refractivity contribution in [3.63, 3.8) is 0 Å². The molecule has 0 spiro atoms. The van der Waals surface area contributed by atoms with Crippen LogP contribution in [0.15, 0.2) is 11.5 Å². The molecule has 0 amide bonds. The minimum atomic E-state index is -1.37. The van der Waals surface area contributed by atoms with Gasteiger partial charge >= 0.3 is 5.97 Å². The predicted octanol–water partition coefficient (Wildman–Crippen LogP) is -1.96. The van der Waals surface area contributed by atoms with Crippen molar-refractivity contribution >= 4 is 5.97 Å². The van der Waals surface area contributed by atoms with Crippen LogP contribution in [0, 0.1) is 0 Å². The molecule has 0 saturated carbocycles. The Morgan fingerprint density at radius 2 is 2.13 bits per heavy atom. The van der Waals surface area contributed by atoms with E-state index in [1.165, 1.54) is 0 Å². The molecule has 7 nitrogen and oxygen atoms in total. The zero-order chi connectivity index (χ0) is 11.4. The summed E-state index contributed by atoms with van der Waals surface area (Å²) < 4.78 is 9.39. The van der Waals surface area contributed by atoms with Crippen molar-refractivity contribution < 1.29 is 34.7 Å². The Labute approximate surface area is 85.2 Å². The zero-order valence-electron chi connectivity index (χ0n) is 7.79. The van der Waals surface area contributed by atoms with Crippen molar-refractivity contribution in [2.24, 2.45) is 0 Å². The highest BCUT2D eigenvalue weighted by Gasteiger charge is 2.40. The summed E-state index contributed by atoms with van der Waals surface area (Å²) in [5.41, 5.74) is 0. The summed E-state index contributed by atoms with van der Waals surface area (Å²) in [6.07, 6.45) is -2.60. The Balaban J connectivity index is 2.77. The van der Waals surface area contributed by atoms with Gasteiger partial charge in [-0.1, -0.05) is 0 Å². The summed E-state index contributed by atoms with van der Waals surface area (Å²) in [7, 11) is 0. The molecule has 0 aromatic carbocycles. The largest absolute Gasteiger partial charge is 0.499 e. The Morgan fingerprint density at radius 1 is 1.47 bits per heavy atom. The summed E-state index contributed by atoms with van der Waals surface area (Å²) in [6.45, 7) is -1.10. The lowest BCUT2D eigenvalue weighted by Crippen LogP contribution is -2.32. The van der Waals surface area contributed by atoms with Gasteiger partial charge in [0.15, 0.2) is 11.9 Å². The molecule has 1 aliphatic rings. The second-order valence-corrected chi connectivity index (χ2v) is 2.86. The van der Waals surface area contributed by atoms with E-state index in [0.717, 1.165) is 0 Å². The van der Waals surface area contributed by atoms with E-state index in [1.807, 2.05) is 0 Å². The number of aliphatic hydroxyl groups excluding tert-OH is 4. The van der Waals surface area contributed by atoms with Crippen LogP contribution in [0.4, 0.5) is 0 Å². The smallest absolute Gasteiger partial charge is 0.378 e. The van der Waals surface area contributed by atoms with Crippen molar-refractivity contribution in [2.75, 3.05) is 19.8 Å². The fourth-order valence-corrected chi connectivity index (χ4v) is 1.12. The average Bonchev–Trinajstić information content (AvgIpc) is 2.52. The molecule has 0 saturated heterocycles. The van der Waals surface area contributed by atoms with Crippen LogP contribution in [0.25, 0.3) is 0 Å². The lowest BCUT2D eigenvalue weighted by molar-refractivity contribution is -0.148. The number of rotatable bonds is 5. The van der Waals surface area contributed by atoms with Crippen molar-refractivity contribution in [1.82, 2.24) is 0 Å². The first kappa shape index (κ1) is 11.8. The third-order valence-electron chi connectivity index (χ3n) is 1.80. The van der Waals surface area contributed by atoms with E-state index in [4.69, 9.17) is 14.9 Å². The Bertz CT molecular complexity index is 272. The van der Waals surface area contributed by atoms with Gasteiger partial charge < -0.3 is 29.9 Å². The number of esters is 1. The molecule has 0 aromatic heterocycles. The van der Waals surface area contributed by atoms with E-state index in [1.54, 1.807) is 0 Å². The topological polar surface area (TPSA) is 116 Å². The fraction of sp³-hybridized carbons (Fsp3) is 0.625. The Hall–Kier alpha value is -1.31. The minimum Gasteiger partial charge on any atom is -0.499 e. The molecule has 0 radical (unpaired) electrons. The molecule has 86 valence electrons. The average molecular weight is 220 g/mol. The van der Waals surface area contributed by atoms with Gasteiger partial charge in [-0.2, -0.15) is 0 Å². The van der Waals surface area contributed by atoms with E-state index >= 15 is 0 Å². The summed E-state index contributed by atoms with van der Waals surface area (Å²) in [5, 5.41) is 35.6. The summed E-state index contributed by atoms with van der Waals surface area (Å²) >= 11 is 0. The molecular formula is C8H12O7. The van der Waals surface area contributed by atoms with Crippen LogP contribution in [0.2, 0.25) is 0 Å². The first-order valence-corrected chi connectivity index (χ1v) is 4.28. The normalized spacial score (nSPS) is 22.9. The van der Waals surface area contributed by atoms with Gasteiger partial charge in [0.1, 0.15) is 12.7 Å². The third-order valence-corrected chi connectivity index (χ3v) is 1.80. The second-order valence-electron chi connectivity index (χ2n) is 2.86. The monoisotopic (exact) mass is 220 g/mol. The standard InChI is InChI=1S/C8H12O7/c9-1-2-14-7-5(12)8(13)15-6(7)4(11)3-10/h4,6,9-12H,1-3H2/t4-,6+/m0/s1. The van der Waals surface area contributed by atoms with Gasteiger partial charge in [0.2, 0.25) is 5.76 Å². The predicted molar refractivity (Wildman–Crippen MR) is 45.7 cm³/mol. The minimum absolute atomic E-state index is 0.148. The number of carbonyl (C=O) groups is 1. The maximum atomic E-state index is 10.9. The van der Waals surface area contributed by atoms with Crippen LogP contribution in [0.1, 0.15) is 0 Å². The van der Waals surface area contributed by atoms with Crippen LogP contribution in [-0.2, 0) is 14.3 Å². The Morgan fingerprint density at radius 3 is 2.67 bits per heavy atom. The number of hydrogen-bond acceptors (Lipinski definition) is 7. The van der Waals surface area contributed by atoms with Crippen LogP contribution >= 0.6 is 0 Å². The zero-order valence-corrected chi connectivity index (χ0v) is 7.79. The summed E-state index contributed by atoms with van der Waals surface area (Å²) in [5.74, 6) is -2.04. The van der Waals surface area contributed by atoms with Crippen LogP contribution in [-0.4, -0.2) is 58.4 Å². The molecule has 0 bridgehead atoms. The Kier molecular flexibility index (Phi) is 3.89. The maximum Gasteiger partial charge on any atom is 0.378 e. The molecule has 0 aromatic rings. The molecule has 1 rings (SSSR count). The van der Waals surface area contributed by atoms with Gasteiger partial charge in [-0.15, -0.1) is 0 Å². The van der Waals surface area contributed by atoms with E-state index in [-0.39, 0.29) is 19.0 Å². The van der Waals surface area contributed by atoms with Gasteiger partial charge in [-0.3, -0.25) is 0 Å². The van der Waals surface area contributed by atoms with Crippen molar-refractivity contribution in [2.45, 2.75) is 12.2 Å². The van der Waals surface area contributed by atoms with Gasteiger partial charge in [0.25, 0.3) is 0 Å². The van der Waals surface area contributed by atoms with Crippen molar-refractivity contribution in [1.29, 1.82) is 0 Å². The molecule has 7 heteroatoms. The van der Waals surface area contributed by atoms with E-state index in [0.29, 0.717) is 0 Å². The number of carbonyl (C=O) groups excluding carboxylic acids is 1. The number of cyclic esters (lactones) is 1. The SMILES string of the molecule is O=C1O[C@H]([C@@H](O)CO)C(OCCO)=C1O. The second kappa shape index (κ2) is 4.96. The number of hydrogen-bond donors (Lipinski definition) is 4. The van der Waals surface area contributed by atoms with E-state index < -0.39 is 30.5 Å². The lowest BCUT2D eigenvalue weighted by atomic mass is 10.2. The van der Waals surface area contributed by atoms with Crippen molar-refractivity contribution in [3.8, 4) is 0 Å². The van der Waals surface area contributed by atoms with Gasteiger partial charge in [-0.05, 0) is 0 Å². The highest BCUT2D eigenvalue weighted by atomic mass is 16.6. The maximum absolute atomic E-state index is 10.9. The first-order valence-electron chi connectivity index (χ1n) is 4.28. The third kappa shape index (κ3) is 2.38. The molecule has 0 aliphatic carbocycles. The molecule has 1 aliphatic heterocycles. The number of aliphatic hydroxyl groups is 4. The summed E-state index contributed by atoms with van der Waals surface area (Å²) in [6, 6.07) is 0. The van der Waals surface area contributed by atoms with Crippen molar-refractivity contribution in [3.05, 3.63) is 11.5 Å². The molecular weight excluding hydrogens is 208 g/mol. The molecule has 15 heavy (non-hydrogen) atoms. The molecule has 0 unspecified atom stereocenters. The lowest BCUT2D eigenvalue weighted by Gasteiger charge is -2.17. The van der Waals surface area contributed by atoms with Gasteiger partial charge in [0.05, 0.1) is 13.2 Å². The summed E-state index contributed by atoms with van der Waals surface area (Å²) in [4.78, 5) is 10.9. The number of ether oxygens (including phenoxy) is 2. The van der Waals surface area contributed by atoms with Crippen LogP contribution in [0.5, 0.6) is 0 Å². The highest BCUT2D eigenvalue weighted by molar-refractivity contribution is 5.89. The molecule has 4 N–H and O–H groups in total.